The maximum atomic E-state index is 13.3. The van der Waals surface area contributed by atoms with Crippen LogP contribution in [0.15, 0.2) is 54.6 Å². The van der Waals surface area contributed by atoms with E-state index in [1.165, 1.54) is 30.6 Å². The molecule has 1 fully saturated rings. The molecular weight excluding hydrogens is 481 g/mol. The third-order valence-electron chi connectivity index (χ3n) is 5.48. The van der Waals surface area contributed by atoms with E-state index in [1.54, 1.807) is 6.07 Å². The van der Waals surface area contributed by atoms with E-state index in [2.05, 4.69) is 15.1 Å². The Balaban J connectivity index is 1.40. The zero-order valence-electron chi connectivity index (χ0n) is 18.0. The summed E-state index contributed by atoms with van der Waals surface area (Å²) in [6.07, 6.45) is 0. The molecule has 4 rings (SSSR count). The molecule has 0 amide bonds. The Morgan fingerprint density at radius 3 is 2.55 bits per heavy atom. The number of anilines is 1. The zero-order chi connectivity index (χ0) is 23.4. The predicted octanol–water partition coefficient (Wildman–Crippen LogP) is 5.51. The summed E-state index contributed by atoms with van der Waals surface area (Å²) in [4.78, 5) is 17.7. The van der Waals surface area contributed by atoms with Crippen molar-refractivity contribution in [2.75, 3.05) is 38.6 Å². The zero-order valence-corrected chi connectivity index (χ0v) is 20.4. The third kappa shape index (κ3) is 5.70. The summed E-state index contributed by atoms with van der Waals surface area (Å²) in [5.41, 5.74) is 2.40. The molecule has 1 aromatic heterocycles. The van der Waals surface area contributed by atoms with Gasteiger partial charge in [0.2, 0.25) is 0 Å². The Labute approximate surface area is 206 Å². The standard InChI is InChI=1S/C24H23ClFN3O2S2/c1-31-23(30)19-14-21(16-5-3-2-4-6-16)33-22(19)27-24(32)29-11-9-28(10-12-29)15-17-7-8-18(26)13-20(17)25/h2-8,13-14H,9-12,15H2,1H3,(H,27,32). The van der Waals surface area contributed by atoms with Crippen LogP contribution >= 0.6 is 35.2 Å². The summed E-state index contributed by atoms with van der Waals surface area (Å²) in [7, 11) is 1.37. The molecule has 1 N–H and O–H groups in total. The van der Waals surface area contributed by atoms with Gasteiger partial charge in [0, 0.05) is 42.6 Å². The highest BCUT2D eigenvalue weighted by molar-refractivity contribution is 7.80. The first-order chi connectivity index (χ1) is 15.9. The van der Waals surface area contributed by atoms with Gasteiger partial charge < -0.3 is 15.0 Å². The van der Waals surface area contributed by atoms with Crippen LogP contribution in [0.25, 0.3) is 10.4 Å². The van der Waals surface area contributed by atoms with Gasteiger partial charge >= 0.3 is 5.97 Å². The highest BCUT2D eigenvalue weighted by Crippen LogP contribution is 2.36. The molecule has 0 bridgehead atoms. The third-order valence-corrected chi connectivity index (χ3v) is 7.30. The van der Waals surface area contributed by atoms with Crippen molar-refractivity contribution in [2.24, 2.45) is 0 Å². The molecule has 1 aliphatic rings. The quantitative estimate of drug-likeness (QED) is 0.366. The van der Waals surface area contributed by atoms with Crippen LogP contribution < -0.4 is 5.32 Å². The fourth-order valence-corrected chi connectivity index (χ4v) is 5.29. The molecule has 1 saturated heterocycles. The topological polar surface area (TPSA) is 44.8 Å². The predicted molar refractivity (Wildman–Crippen MR) is 136 cm³/mol. The molecule has 172 valence electrons. The SMILES string of the molecule is COC(=O)c1cc(-c2ccccc2)sc1NC(=S)N1CCN(Cc2ccc(F)cc2Cl)CC1. The van der Waals surface area contributed by atoms with Gasteiger partial charge in [0.25, 0.3) is 0 Å². The molecular formula is C24H23ClFN3O2S2. The van der Waals surface area contributed by atoms with Crippen molar-refractivity contribution in [3.63, 3.8) is 0 Å². The van der Waals surface area contributed by atoms with Gasteiger partial charge in [-0.3, -0.25) is 4.90 Å². The second-order valence-corrected chi connectivity index (χ2v) is 9.49. The lowest BCUT2D eigenvalue weighted by atomic mass is 10.1. The van der Waals surface area contributed by atoms with E-state index in [1.807, 2.05) is 36.4 Å². The van der Waals surface area contributed by atoms with Crippen molar-refractivity contribution in [1.82, 2.24) is 9.80 Å². The summed E-state index contributed by atoms with van der Waals surface area (Å²) >= 11 is 13.3. The lowest BCUT2D eigenvalue weighted by molar-refractivity contribution is 0.0602. The fourth-order valence-electron chi connectivity index (χ4n) is 3.67. The van der Waals surface area contributed by atoms with Crippen molar-refractivity contribution >= 4 is 51.2 Å². The summed E-state index contributed by atoms with van der Waals surface area (Å²) in [6, 6.07) is 16.2. The largest absolute Gasteiger partial charge is 0.465 e. The molecule has 33 heavy (non-hydrogen) atoms. The number of hydrogen-bond acceptors (Lipinski definition) is 5. The highest BCUT2D eigenvalue weighted by Gasteiger charge is 2.23. The molecule has 0 unspecified atom stereocenters. The molecule has 5 nitrogen and oxygen atoms in total. The molecule has 0 radical (unpaired) electrons. The Kier molecular flexibility index (Phi) is 7.60. The van der Waals surface area contributed by atoms with Crippen molar-refractivity contribution in [3.05, 3.63) is 76.6 Å². The first kappa shape index (κ1) is 23.6. The number of esters is 1. The van der Waals surface area contributed by atoms with Gasteiger partial charge in [0.15, 0.2) is 5.11 Å². The van der Waals surface area contributed by atoms with E-state index in [-0.39, 0.29) is 5.82 Å². The Morgan fingerprint density at radius 2 is 1.88 bits per heavy atom. The van der Waals surface area contributed by atoms with E-state index in [9.17, 15) is 9.18 Å². The van der Waals surface area contributed by atoms with E-state index in [0.29, 0.717) is 27.2 Å². The van der Waals surface area contributed by atoms with E-state index in [4.69, 9.17) is 28.6 Å². The number of nitrogens with zero attached hydrogens (tertiary/aromatic N) is 2. The summed E-state index contributed by atoms with van der Waals surface area (Å²) in [5.74, 6) is -0.736. The summed E-state index contributed by atoms with van der Waals surface area (Å²) in [5, 5.41) is 4.94. The van der Waals surface area contributed by atoms with Crippen LogP contribution in [0.3, 0.4) is 0 Å². The second kappa shape index (κ2) is 10.6. The smallest absolute Gasteiger partial charge is 0.340 e. The number of ether oxygens (including phenoxy) is 1. The van der Waals surface area contributed by atoms with Crippen LogP contribution in [0.5, 0.6) is 0 Å². The lowest BCUT2D eigenvalue weighted by Gasteiger charge is -2.36. The van der Waals surface area contributed by atoms with Gasteiger partial charge in [-0.1, -0.05) is 48.0 Å². The van der Waals surface area contributed by atoms with Gasteiger partial charge in [-0.2, -0.15) is 0 Å². The number of methoxy groups -OCH3 is 1. The average Bonchev–Trinajstić information content (AvgIpc) is 3.25. The monoisotopic (exact) mass is 503 g/mol. The van der Waals surface area contributed by atoms with Crippen LogP contribution in [0, 0.1) is 5.82 Å². The van der Waals surface area contributed by atoms with Gasteiger partial charge in [0.05, 0.1) is 12.7 Å². The molecule has 2 aromatic carbocycles. The summed E-state index contributed by atoms with van der Waals surface area (Å²) in [6.45, 7) is 3.70. The number of carbonyl (C=O) groups excluding carboxylic acids is 1. The fraction of sp³-hybridized carbons (Fsp3) is 0.250. The lowest BCUT2D eigenvalue weighted by Crippen LogP contribution is -2.49. The normalized spacial score (nSPS) is 14.2. The number of benzene rings is 2. The van der Waals surface area contributed by atoms with Gasteiger partial charge in [0.1, 0.15) is 10.8 Å². The number of thiophene rings is 1. The Hall–Kier alpha value is -2.52. The van der Waals surface area contributed by atoms with E-state index >= 15 is 0 Å². The molecule has 0 spiro atoms. The maximum absolute atomic E-state index is 13.3. The number of hydrogen-bond donors (Lipinski definition) is 1. The first-order valence-corrected chi connectivity index (χ1v) is 12.0. The van der Waals surface area contributed by atoms with Gasteiger partial charge in [-0.05, 0) is 41.5 Å². The highest BCUT2D eigenvalue weighted by atomic mass is 35.5. The Morgan fingerprint density at radius 1 is 1.15 bits per heavy atom. The van der Waals surface area contributed by atoms with Crippen molar-refractivity contribution in [3.8, 4) is 10.4 Å². The van der Waals surface area contributed by atoms with Crippen LogP contribution in [-0.4, -0.2) is 54.2 Å². The average molecular weight is 504 g/mol. The molecule has 2 heterocycles. The van der Waals surface area contributed by atoms with Gasteiger partial charge in [-0.25, -0.2) is 9.18 Å². The number of carbonyl (C=O) groups is 1. The summed E-state index contributed by atoms with van der Waals surface area (Å²) < 4.78 is 18.3. The molecule has 0 atom stereocenters. The van der Waals surface area contributed by atoms with E-state index < -0.39 is 5.97 Å². The van der Waals surface area contributed by atoms with Crippen LogP contribution in [0.4, 0.5) is 9.39 Å². The van der Waals surface area contributed by atoms with E-state index in [0.717, 1.165) is 42.2 Å². The minimum atomic E-state index is -0.403. The molecule has 0 saturated carbocycles. The molecule has 1 aliphatic heterocycles. The first-order valence-electron chi connectivity index (χ1n) is 10.4. The van der Waals surface area contributed by atoms with Crippen LogP contribution in [0.2, 0.25) is 5.02 Å². The Bertz CT molecular complexity index is 1150. The molecule has 3 aromatic rings. The number of nitrogens with one attached hydrogen (secondary N) is 1. The minimum absolute atomic E-state index is 0.333. The van der Waals surface area contributed by atoms with Crippen molar-refractivity contribution < 1.29 is 13.9 Å². The van der Waals surface area contributed by atoms with Crippen LogP contribution in [-0.2, 0) is 11.3 Å². The van der Waals surface area contributed by atoms with Crippen LogP contribution in [0.1, 0.15) is 15.9 Å². The number of piperazine rings is 1. The minimum Gasteiger partial charge on any atom is -0.465 e. The number of halogens is 2. The van der Waals surface area contributed by atoms with Gasteiger partial charge in [-0.15, -0.1) is 11.3 Å². The molecule has 0 aliphatic carbocycles. The number of thiocarbonyl (C=S) groups is 1. The van der Waals surface area contributed by atoms with Crippen molar-refractivity contribution in [1.29, 1.82) is 0 Å². The molecule has 9 heteroatoms. The number of rotatable bonds is 5. The van der Waals surface area contributed by atoms with Crippen molar-refractivity contribution in [2.45, 2.75) is 6.54 Å². The maximum Gasteiger partial charge on any atom is 0.340 e. The second-order valence-electron chi connectivity index (χ2n) is 7.64.